The first-order chi connectivity index (χ1) is 9.66. The second-order valence-corrected chi connectivity index (χ2v) is 6.85. The van der Waals surface area contributed by atoms with Crippen LogP contribution in [0, 0.1) is 17.5 Å². The van der Waals surface area contributed by atoms with Gasteiger partial charge in [0, 0.05) is 22.8 Å². The van der Waals surface area contributed by atoms with Crippen LogP contribution in [0.5, 0.6) is 0 Å². The molecule has 0 spiro atoms. The summed E-state index contributed by atoms with van der Waals surface area (Å²) in [5.41, 5.74) is -0.542. The Hall–Kier alpha value is -1.25. The molecule has 21 heavy (non-hydrogen) atoms. The van der Waals surface area contributed by atoms with Crippen LogP contribution >= 0.6 is 22.3 Å². The van der Waals surface area contributed by atoms with Gasteiger partial charge in [0.05, 0.1) is 5.69 Å². The normalized spacial score (nSPS) is 11.9. The lowest BCUT2D eigenvalue weighted by Crippen LogP contribution is -2.03. The molecule has 1 heterocycles. The van der Waals surface area contributed by atoms with Gasteiger partial charge in [-0.15, -0.1) is 0 Å². The van der Waals surface area contributed by atoms with Crippen molar-refractivity contribution in [2.45, 2.75) is 18.2 Å². The zero-order valence-electron chi connectivity index (χ0n) is 10.4. The van der Waals surface area contributed by atoms with Crippen molar-refractivity contribution < 1.29 is 21.6 Å². The number of aromatic nitrogens is 2. The number of hydrogen-bond acceptors (Lipinski definition) is 3. The summed E-state index contributed by atoms with van der Waals surface area (Å²) in [7, 11) is 1.02. The molecule has 2 aromatic rings. The largest absolute Gasteiger partial charge is 0.266 e. The highest BCUT2D eigenvalue weighted by Gasteiger charge is 2.27. The Labute approximate surface area is 127 Å². The van der Waals surface area contributed by atoms with Crippen molar-refractivity contribution in [1.29, 1.82) is 0 Å². The monoisotopic (exact) mass is 358 g/mol. The van der Waals surface area contributed by atoms with Crippen molar-refractivity contribution in [3.05, 3.63) is 40.4 Å². The van der Waals surface area contributed by atoms with Crippen molar-refractivity contribution >= 4 is 31.3 Å². The van der Waals surface area contributed by atoms with E-state index in [0.717, 1.165) is 0 Å². The second kappa shape index (κ2) is 5.51. The van der Waals surface area contributed by atoms with Crippen LogP contribution in [-0.4, -0.2) is 18.2 Å². The molecule has 10 heteroatoms. The van der Waals surface area contributed by atoms with Crippen LogP contribution in [0.4, 0.5) is 13.2 Å². The van der Waals surface area contributed by atoms with Crippen molar-refractivity contribution in [2.24, 2.45) is 0 Å². The number of hydrogen-bond donors (Lipinski definition) is 0. The molecule has 2 rings (SSSR count). The highest BCUT2D eigenvalue weighted by Crippen LogP contribution is 2.32. The lowest BCUT2D eigenvalue weighted by molar-refractivity contribution is 0.491. The maximum atomic E-state index is 13.7. The van der Waals surface area contributed by atoms with Gasteiger partial charge in [-0.2, -0.15) is 5.10 Å². The number of rotatable bonds is 3. The summed E-state index contributed by atoms with van der Waals surface area (Å²) in [4.78, 5) is -0.488. The average Bonchev–Trinajstić information content (AvgIpc) is 2.70. The third kappa shape index (κ3) is 2.88. The molecule has 0 saturated heterocycles. The Morgan fingerprint density at radius 2 is 1.76 bits per heavy atom. The van der Waals surface area contributed by atoms with Gasteiger partial charge < -0.3 is 0 Å². The van der Waals surface area contributed by atoms with Gasteiger partial charge in [0.2, 0.25) is 0 Å². The molecule has 4 nitrogen and oxygen atoms in total. The Bertz CT molecular complexity index is 821. The molecule has 0 amide bonds. The zero-order chi connectivity index (χ0) is 15.9. The van der Waals surface area contributed by atoms with Crippen LogP contribution in [0.15, 0.2) is 17.0 Å². The first kappa shape index (κ1) is 16.1. The maximum Gasteiger partial charge on any atom is 0.266 e. The highest BCUT2D eigenvalue weighted by molar-refractivity contribution is 8.13. The van der Waals surface area contributed by atoms with E-state index in [0.29, 0.717) is 16.8 Å². The van der Waals surface area contributed by atoms with E-state index in [-0.39, 0.29) is 12.1 Å². The van der Waals surface area contributed by atoms with Crippen LogP contribution in [0.1, 0.15) is 12.6 Å². The van der Waals surface area contributed by atoms with Crippen LogP contribution in [0.3, 0.4) is 0 Å². The molecular formula is C11H7Cl2F3N2O2S. The van der Waals surface area contributed by atoms with Gasteiger partial charge >= 0.3 is 0 Å². The van der Waals surface area contributed by atoms with Gasteiger partial charge in [0.1, 0.15) is 10.6 Å². The fraction of sp³-hybridized carbons (Fsp3) is 0.182. The van der Waals surface area contributed by atoms with Gasteiger partial charge in [-0.05, 0) is 6.42 Å². The van der Waals surface area contributed by atoms with E-state index in [1.807, 2.05) is 0 Å². The summed E-state index contributed by atoms with van der Waals surface area (Å²) in [5.74, 6) is -3.87. The van der Waals surface area contributed by atoms with Gasteiger partial charge in [-0.25, -0.2) is 26.3 Å². The summed E-state index contributed by atoms with van der Waals surface area (Å²) in [6.45, 7) is 1.58. The third-order valence-electron chi connectivity index (χ3n) is 2.65. The Morgan fingerprint density at radius 1 is 1.19 bits per heavy atom. The Morgan fingerprint density at radius 3 is 2.24 bits per heavy atom. The summed E-state index contributed by atoms with van der Waals surface area (Å²) >= 11 is 5.85. The molecule has 114 valence electrons. The molecule has 0 atom stereocenters. The number of nitrogens with zero attached hydrogens (tertiary/aromatic N) is 2. The van der Waals surface area contributed by atoms with Crippen molar-refractivity contribution in [1.82, 2.24) is 9.78 Å². The Balaban J connectivity index is 2.78. The summed E-state index contributed by atoms with van der Waals surface area (Å²) in [5, 5.41) is 3.28. The topological polar surface area (TPSA) is 52.0 Å². The van der Waals surface area contributed by atoms with E-state index >= 15 is 0 Å². The average molecular weight is 359 g/mol. The molecule has 0 unspecified atom stereocenters. The molecule has 0 saturated carbocycles. The Kier molecular flexibility index (Phi) is 4.23. The molecule has 0 bridgehead atoms. The maximum absolute atomic E-state index is 13.7. The minimum atomic E-state index is -4.23. The third-order valence-corrected chi connectivity index (χ3v) is 4.49. The fourth-order valence-electron chi connectivity index (χ4n) is 1.73. The quantitative estimate of drug-likeness (QED) is 0.623. The summed E-state index contributed by atoms with van der Waals surface area (Å²) < 4.78 is 63.5. The van der Waals surface area contributed by atoms with E-state index in [9.17, 15) is 21.6 Å². The summed E-state index contributed by atoms with van der Waals surface area (Å²) in [6.07, 6.45) is 0.138. The molecule has 0 N–H and O–H groups in total. The lowest BCUT2D eigenvalue weighted by Gasteiger charge is -2.05. The van der Waals surface area contributed by atoms with E-state index in [1.165, 1.54) is 0 Å². The van der Waals surface area contributed by atoms with Gasteiger partial charge in [0.15, 0.2) is 22.6 Å². The number of benzene rings is 1. The SMILES string of the molecule is CCc1nn(-c2cc(F)c(F)cc2F)c(Cl)c1S(=O)(=O)Cl. The van der Waals surface area contributed by atoms with Crippen LogP contribution in [0.2, 0.25) is 5.15 Å². The molecule has 0 aliphatic heterocycles. The van der Waals surface area contributed by atoms with Crippen molar-refractivity contribution in [3.63, 3.8) is 0 Å². The molecule has 1 aromatic heterocycles. The number of aryl methyl sites for hydroxylation is 1. The van der Waals surface area contributed by atoms with E-state index < -0.39 is 42.2 Å². The minimum absolute atomic E-state index is 0.0147. The second-order valence-electron chi connectivity index (χ2n) is 3.99. The van der Waals surface area contributed by atoms with E-state index in [1.54, 1.807) is 6.92 Å². The van der Waals surface area contributed by atoms with Crippen molar-refractivity contribution in [3.8, 4) is 5.69 Å². The predicted octanol–water partition coefficient (Wildman–Crippen LogP) is 3.43. The first-order valence-electron chi connectivity index (χ1n) is 5.53. The van der Waals surface area contributed by atoms with Gasteiger partial charge in [-0.3, -0.25) is 0 Å². The summed E-state index contributed by atoms with van der Waals surface area (Å²) in [6, 6.07) is 0.830. The van der Waals surface area contributed by atoms with Crippen molar-refractivity contribution in [2.75, 3.05) is 0 Å². The lowest BCUT2D eigenvalue weighted by atomic mass is 10.3. The van der Waals surface area contributed by atoms with Crippen LogP contribution in [0.25, 0.3) is 5.69 Å². The van der Waals surface area contributed by atoms with E-state index in [4.69, 9.17) is 22.3 Å². The van der Waals surface area contributed by atoms with E-state index in [2.05, 4.69) is 5.10 Å². The first-order valence-corrected chi connectivity index (χ1v) is 8.22. The molecule has 1 aromatic carbocycles. The van der Waals surface area contributed by atoms with Crippen LogP contribution in [-0.2, 0) is 15.5 Å². The fourth-order valence-corrected chi connectivity index (χ4v) is 3.63. The predicted molar refractivity (Wildman–Crippen MR) is 70.9 cm³/mol. The highest BCUT2D eigenvalue weighted by atomic mass is 35.7. The molecule has 0 aliphatic rings. The number of halogens is 5. The molecule has 0 radical (unpaired) electrons. The van der Waals surface area contributed by atoms with Crippen LogP contribution < -0.4 is 0 Å². The van der Waals surface area contributed by atoms with Gasteiger partial charge in [0.25, 0.3) is 9.05 Å². The standard InChI is InChI=1S/C11H7Cl2F3N2O2S/c1-2-8-10(21(13,19)20)11(12)18(17-8)9-4-6(15)5(14)3-7(9)16/h3-4H,2H2,1H3. The smallest absolute Gasteiger partial charge is 0.217 e. The zero-order valence-corrected chi connectivity index (χ0v) is 12.7. The minimum Gasteiger partial charge on any atom is -0.217 e. The molecule has 0 aliphatic carbocycles. The van der Waals surface area contributed by atoms with Gasteiger partial charge in [-0.1, -0.05) is 18.5 Å². The molecule has 0 fully saturated rings. The molecular weight excluding hydrogens is 352 g/mol.